The quantitative estimate of drug-likeness (QED) is 0.327. The molecule has 1 atom stereocenters. The summed E-state index contributed by atoms with van der Waals surface area (Å²) in [6, 6.07) is 5.84. The van der Waals surface area contributed by atoms with E-state index >= 15 is 0 Å². The minimum Gasteiger partial charge on any atom is -0.493 e. The van der Waals surface area contributed by atoms with Gasteiger partial charge < -0.3 is 19.7 Å². The van der Waals surface area contributed by atoms with E-state index in [9.17, 15) is 14.4 Å². The van der Waals surface area contributed by atoms with Crippen molar-refractivity contribution < 1.29 is 23.9 Å². The van der Waals surface area contributed by atoms with E-state index in [1.54, 1.807) is 11.0 Å². The first-order valence-corrected chi connectivity index (χ1v) is 16.1. The Balaban J connectivity index is 1.40. The number of ether oxygens (including phenoxy) is 2. The molecule has 34 heavy (non-hydrogen) atoms. The highest BCUT2D eigenvalue weighted by Gasteiger charge is 2.43. The van der Waals surface area contributed by atoms with Crippen molar-refractivity contribution in [2.75, 3.05) is 33.0 Å². The molecule has 0 bridgehead atoms. The van der Waals surface area contributed by atoms with Crippen molar-refractivity contribution >= 4 is 25.8 Å². The van der Waals surface area contributed by atoms with E-state index in [-0.39, 0.29) is 30.9 Å². The normalized spacial score (nSPS) is 21.9. The number of rotatable bonds is 9. The summed E-state index contributed by atoms with van der Waals surface area (Å²) >= 11 is 0. The van der Waals surface area contributed by atoms with E-state index in [0.717, 1.165) is 43.3 Å². The molecular formula is C25H37N3O5Si. The van der Waals surface area contributed by atoms with Gasteiger partial charge in [-0.15, -0.1) is 0 Å². The fourth-order valence-electron chi connectivity index (χ4n) is 4.75. The highest BCUT2D eigenvalue weighted by atomic mass is 28.3. The Hall–Kier alpha value is -2.23. The van der Waals surface area contributed by atoms with E-state index in [4.69, 9.17) is 9.47 Å². The van der Waals surface area contributed by atoms with Crippen LogP contribution in [0.1, 0.15) is 41.6 Å². The van der Waals surface area contributed by atoms with Gasteiger partial charge in [-0.25, -0.2) is 0 Å². The molecule has 0 aliphatic carbocycles. The fourth-order valence-corrected chi connectivity index (χ4v) is 5.51. The minimum absolute atomic E-state index is 0.0434. The second-order valence-corrected chi connectivity index (χ2v) is 16.4. The van der Waals surface area contributed by atoms with Crippen molar-refractivity contribution in [3.05, 3.63) is 29.3 Å². The number of amides is 3. The second-order valence-electron chi connectivity index (χ2n) is 10.8. The van der Waals surface area contributed by atoms with Crippen LogP contribution in [0.2, 0.25) is 25.7 Å². The summed E-state index contributed by atoms with van der Waals surface area (Å²) in [4.78, 5) is 41.7. The molecule has 2 saturated heterocycles. The lowest BCUT2D eigenvalue weighted by molar-refractivity contribution is -0.158. The summed E-state index contributed by atoms with van der Waals surface area (Å²) in [6.45, 7) is 10.2. The van der Waals surface area contributed by atoms with Crippen molar-refractivity contribution in [3.63, 3.8) is 0 Å². The van der Waals surface area contributed by atoms with Gasteiger partial charge in [0.2, 0.25) is 5.91 Å². The van der Waals surface area contributed by atoms with Gasteiger partial charge >= 0.3 is 0 Å². The molecule has 1 N–H and O–H groups in total. The monoisotopic (exact) mass is 487 g/mol. The van der Waals surface area contributed by atoms with Crippen LogP contribution >= 0.6 is 0 Å². The highest BCUT2D eigenvalue weighted by Crippen LogP contribution is 2.34. The Morgan fingerprint density at radius 2 is 1.85 bits per heavy atom. The zero-order valence-electron chi connectivity index (χ0n) is 20.6. The number of imide groups is 1. The first-order chi connectivity index (χ1) is 16.2. The zero-order chi connectivity index (χ0) is 24.3. The predicted octanol–water partition coefficient (Wildman–Crippen LogP) is 2.85. The first kappa shape index (κ1) is 24.9. The molecule has 0 radical (unpaired) electrons. The number of likely N-dealkylation sites (tertiary alicyclic amines) is 1. The van der Waals surface area contributed by atoms with Crippen LogP contribution in [-0.2, 0) is 20.9 Å². The third-order valence-electron chi connectivity index (χ3n) is 6.96. The molecule has 3 aliphatic rings. The summed E-state index contributed by atoms with van der Waals surface area (Å²) in [5.41, 5.74) is 1.43. The van der Waals surface area contributed by atoms with Gasteiger partial charge in [-0.2, -0.15) is 0 Å². The average Bonchev–Trinajstić information content (AvgIpc) is 3.14. The van der Waals surface area contributed by atoms with Crippen molar-refractivity contribution in [1.29, 1.82) is 0 Å². The van der Waals surface area contributed by atoms with Gasteiger partial charge in [0.25, 0.3) is 11.8 Å². The number of piperidine rings is 2. The summed E-state index contributed by atoms with van der Waals surface area (Å²) < 4.78 is 11.8. The van der Waals surface area contributed by atoms with E-state index in [1.807, 2.05) is 12.1 Å². The lowest BCUT2D eigenvalue weighted by atomic mass is 9.99. The molecule has 0 aromatic heterocycles. The first-order valence-electron chi connectivity index (χ1n) is 12.4. The average molecular weight is 488 g/mol. The summed E-state index contributed by atoms with van der Waals surface area (Å²) in [6.07, 6.45) is 2.74. The standard InChI is InChI=1S/C25H37N3O5Si/c1-34(2,3)14-13-32-17-28-23(29)8-7-21(25(28)31)27-15-20-19(24(27)30)5-4-6-22(20)33-16-18-9-11-26-12-10-18/h4-6,18,21,26H,7-17H2,1-3H3. The van der Waals surface area contributed by atoms with Crippen molar-refractivity contribution in [1.82, 2.24) is 15.1 Å². The van der Waals surface area contributed by atoms with Crippen LogP contribution < -0.4 is 10.1 Å². The third-order valence-corrected chi connectivity index (χ3v) is 8.67. The fraction of sp³-hybridized carbons (Fsp3) is 0.640. The maximum absolute atomic E-state index is 13.2. The molecule has 1 aromatic rings. The Kier molecular flexibility index (Phi) is 7.74. The molecule has 3 heterocycles. The predicted molar refractivity (Wildman–Crippen MR) is 131 cm³/mol. The lowest BCUT2D eigenvalue weighted by Gasteiger charge is -2.35. The summed E-state index contributed by atoms with van der Waals surface area (Å²) in [7, 11) is -1.26. The molecule has 4 rings (SSSR count). The van der Waals surface area contributed by atoms with Crippen LogP contribution in [0.15, 0.2) is 18.2 Å². The van der Waals surface area contributed by atoms with E-state index in [2.05, 4.69) is 25.0 Å². The molecule has 2 fully saturated rings. The third kappa shape index (κ3) is 5.70. The molecule has 1 aromatic carbocycles. The van der Waals surface area contributed by atoms with E-state index in [0.29, 0.717) is 37.7 Å². The maximum atomic E-state index is 13.2. The van der Waals surface area contributed by atoms with Crippen LogP contribution in [0.3, 0.4) is 0 Å². The Morgan fingerprint density at radius 3 is 2.59 bits per heavy atom. The molecule has 8 nitrogen and oxygen atoms in total. The van der Waals surface area contributed by atoms with Crippen LogP contribution in [0, 0.1) is 5.92 Å². The number of nitrogens with one attached hydrogen (secondary N) is 1. The van der Waals surface area contributed by atoms with Gasteiger partial charge in [-0.05, 0) is 56.4 Å². The van der Waals surface area contributed by atoms with Crippen LogP contribution in [0.5, 0.6) is 5.75 Å². The van der Waals surface area contributed by atoms with E-state index in [1.165, 1.54) is 4.90 Å². The number of carbonyl (C=O) groups is 3. The summed E-state index contributed by atoms with van der Waals surface area (Å²) in [5.74, 6) is 0.477. The number of fused-ring (bicyclic) bond motifs is 1. The van der Waals surface area contributed by atoms with Crippen LogP contribution in [0.4, 0.5) is 0 Å². The SMILES string of the molecule is C[Si](C)(C)CCOCN1C(=O)CCC(N2Cc3c(OCC4CCNCC4)cccc3C2=O)C1=O. The maximum Gasteiger partial charge on any atom is 0.255 e. The van der Waals surface area contributed by atoms with E-state index < -0.39 is 14.1 Å². The lowest BCUT2D eigenvalue weighted by Crippen LogP contribution is -2.55. The molecule has 186 valence electrons. The van der Waals surface area contributed by atoms with Gasteiger partial charge in [0.1, 0.15) is 18.5 Å². The minimum atomic E-state index is -1.26. The Bertz CT molecular complexity index is 926. The smallest absolute Gasteiger partial charge is 0.255 e. The Morgan fingerprint density at radius 1 is 1.09 bits per heavy atom. The molecule has 3 aliphatic heterocycles. The molecule has 0 spiro atoms. The number of carbonyl (C=O) groups excluding carboxylic acids is 3. The van der Waals surface area contributed by atoms with Gasteiger partial charge in [-0.3, -0.25) is 19.3 Å². The highest BCUT2D eigenvalue weighted by molar-refractivity contribution is 6.76. The number of hydrogen-bond donors (Lipinski definition) is 1. The van der Waals surface area contributed by atoms with Crippen molar-refractivity contribution in [2.24, 2.45) is 5.92 Å². The molecule has 1 unspecified atom stereocenters. The molecule has 3 amide bonds. The van der Waals surface area contributed by atoms with Crippen molar-refractivity contribution in [3.8, 4) is 5.75 Å². The van der Waals surface area contributed by atoms with Crippen molar-refractivity contribution in [2.45, 2.75) is 64.0 Å². The largest absolute Gasteiger partial charge is 0.493 e. The van der Waals surface area contributed by atoms with Gasteiger partial charge in [0.15, 0.2) is 0 Å². The zero-order valence-corrected chi connectivity index (χ0v) is 21.6. The summed E-state index contributed by atoms with van der Waals surface area (Å²) in [5, 5.41) is 3.36. The number of benzene rings is 1. The van der Waals surface area contributed by atoms with Crippen LogP contribution in [0.25, 0.3) is 0 Å². The van der Waals surface area contributed by atoms with Gasteiger partial charge in [0, 0.05) is 32.2 Å². The number of hydrogen-bond acceptors (Lipinski definition) is 6. The molecular weight excluding hydrogens is 450 g/mol. The number of nitrogens with zero attached hydrogens (tertiary/aromatic N) is 2. The topological polar surface area (TPSA) is 88.2 Å². The molecule has 9 heteroatoms. The van der Waals surface area contributed by atoms with Gasteiger partial charge in [-0.1, -0.05) is 25.7 Å². The second kappa shape index (κ2) is 10.6. The molecule has 0 saturated carbocycles. The van der Waals surface area contributed by atoms with Gasteiger partial charge in [0.05, 0.1) is 13.2 Å². The van der Waals surface area contributed by atoms with Crippen LogP contribution in [-0.4, -0.2) is 74.7 Å². The Labute approximate surface area is 203 Å².